The molecule has 0 spiro atoms. The van der Waals surface area contributed by atoms with Gasteiger partial charge in [-0.05, 0) is 43.4 Å². The van der Waals surface area contributed by atoms with E-state index in [9.17, 15) is 0 Å². The summed E-state index contributed by atoms with van der Waals surface area (Å²) in [5, 5.41) is 1.21. The van der Waals surface area contributed by atoms with Gasteiger partial charge in [-0.1, -0.05) is 15.9 Å². The molecule has 12 heavy (non-hydrogen) atoms. The van der Waals surface area contributed by atoms with Gasteiger partial charge in [0.15, 0.2) is 0 Å². The van der Waals surface area contributed by atoms with Crippen molar-refractivity contribution in [3.63, 3.8) is 0 Å². The average Bonchev–Trinajstić information content (AvgIpc) is 2.92. The molecular formula is C10H17BrO. The number of hydrogen-bond acceptors (Lipinski definition) is 1. The molecule has 1 unspecified atom stereocenters. The van der Waals surface area contributed by atoms with Crippen molar-refractivity contribution >= 4 is 15.9 Å². The molecule has 0 N–H and O–H groups in total. The predicted molar refractivity (Wildman–Crippen MR) is 53.6 cm³/mol. The monoisotopic (exact) mass is 232 g/mol. The fourth-order valence-electron chi connectivity index (χ4n) is 2.31. The van der Waals surface area contributed by atoms with E-state index in [1.54, 1.807) is 0 Å². The van der Waals surface area contributed by atoms with Gasteiger partial charge in [0, 0.05) is 18.5 Å². The summed E-state index contributed by atoms with van der Waals surface area (Å²) in [6, 6.07) is 0. The molecule has 1 nitrogen and oxygen atoms in total. The summed E-state index contributed by atoms with van der Waals surface area (Å²) in [5.41, 5.74) is 0. The second kappa shape index (κ2) is 4.10. The third-order valence-corrected chi connectivity index (χ3v) is 4.02. The highest BCUT2D eigenvalue weighted by Gasteiger charge is 2.36. The summed E-state index contributed by atoms with van der Waals surface area (Å²) in [4.78, 5) is 0. The zero-order valence-electron chi connectivity index (χ0n) is 7.47. The van der Waals surface area contributed by atoms with Crippen LogP contribution in [0.3, 0.4) is 0 Å². The van der Waals surface area contributed by atoms with Crippen LogP contribution in [0.5, 0.6) is 0 Å². The van der Waals surface area contributed by atoms with Crippen molar-refractivity contribution < 1.29 is 4.74 Å². The molecule has 0 aromatic heterocycles. The zero-order valence-corrected chi connectivity index (χ0v) is 9.05. The standard InChI is InChI=1S/C10H17BrO/c11-7-10(8-1-2-8)9-3-5-12-6-4-9/h8-10H,1-7H2. The Kier molecular flexibility index (Phi) is 3.08. The van der Waals surface area contributed by atoms with Crippen LogP contribution in [0.2, 0.25) is 0 Å². The number of halogens is 1. The van der Waals surface area contributed by atoms with Crippen LogP contribution < -0.4 is 0 Å². The second-order valence-electron chi connectivity index (χ2n) is 4.11. The molecule has 0 amide bonds. The lowest BCUT2D eigenvalue weighted by atomic mass is 9.84. The second-order valence-corrected chi connectivity index (χ2v) is 4.75. The van der Waals surface area contributed by atoms with Gasteiger partial charge in [-0.3, -0.25) is 0 Å². The molecule has 2 aliphatic rings. The van der Waals surface area contributed by atoms with E-state index in [1.165, 1.54) is 31.0 Å². The van der Waals surface area contributed by atoms with Crippen molar-refractivity contribution in [1.29, 1.82) is 0 Å². The van der Waals surface area contributed by atoms with Crippen LogP contribution in [0.1, 0.15) is 25.7 Å². The van der Waals surface area contributed by atoms with E-state index < -0.39 is 0 Å². The molecule has 0 bridgehead atoms. The number of alkyl halides is 1. The van der Waals surface area contributed by atoms with Crippen LogP contribution in [-0.2, 0) is 4.74 Å². The molecule has 2 heteroatoms. The first-order chi connectivity index (χ1) is 5.92. The number of rotatable bonds is 3. The Morgan fingerprint density at radius 3 is 2.17 bits per heavy atom. The lowest BCUT2D eigenvalue weighted by Crippen LogP contribution is -2.25. The van der Waals surface area contributed by atoms with Crippen LogP contribution in [0.25, 0.3) is 0 Å². The smallest absolute Gasteiger partial charge is 0.0468 e. The van der Waals surface area contributed by atoms with Crippen molar-refractivity contribution in [2.24, 2.45) is 17.8 Å². The lowest BCUT2D eigenvalue weighted by molar-refractivity contribution is 0.0469. The zero-order chi connectivity index (χ0) is 8.39. The average molecular weight is 233 g/mol. The van der Waals surface area contributed by atoms with Crippen LogP contribution in [0, 0.1) is 17.8 Å². The minimum absolute atomic E-state index is 0.950. The van der Waals surface area contributed by atoms with E-state index in [0.717, 1.165) is 31.0 Å². The highest BCUT2D eigenvalue weighted by Crippen LogP contribution is 2.43. The fraction of sp³-hybridized carbons (Fsp3) is 1.00. The van der Waals surface area contributed by atoms with Gasteiger partial charge in [0.25, 0.3) is 0 Å². The van der Waals surface area contributed by atoms with Gasteiger partial charge in [0.2, 0.25) is 0 Å². The fourth-order valence-corrected chi connectivity index (χ4v) is 3.36. The molecule has 1 saturated carbocycles. The molecule has 0 aromatic carbocycles. The van der Waals surface area contributed by atoms with Gasteiger partial charge in [-0.25, -0.2) is 0 Å². The molecule has 70 valence electrons. The Labute approximate surface area is 83.0 Å². The molecule has 1 saturated heterocycles. The van der Waals surface area contributed by atoms with E-state index in [-0.39, 0.29) is 0 Å². The highest BCUT2D eigenvalue weighted by molar-refractivity contribution is 9.09. The predicted octanol–water partition coefficient (Wildman–Crippen LogP) is 2.83. The van der Waals surface area contributed by atoms with Crippen LogP contribution >= 0.6 is 15.9 Å². The highest BCUT2D eigenvalue weighted by atomic mass is 79.9. The molecule has 2 rings (SSSR count). The normalized spacial score (nSPS) is 28.8. The van der Waals surface area contributed by atoms with Crippen molar-refractivity contribution in [2.45, 2.75) is 25.7 Å². The molecule has 0 aromatic rings. The minimum Gasteiger partial charge on any atom is -0.381 e. The molecule has 0 radical (unpaired) electrons. The van der Waals surface area contributed by atoms with Gasteiger partial charge in [-0.15, -0.1) is 0 Å². The maximum atomic E-state index is 5.38. The minimum atomic E-state index is 0.950. The van der Waals surface area contributed by atoms with Crippen molar-refractivity contribution in [1.82, 2.24) is 0 Å². The quantitative estimate of drug-likeness (QED) is 0.681. The maximum absolute atomic E-state index is 5.38. The first-order valence-corrected chi connectivity index (χ1v) is 6.17. The van der Waals surface area contributed by atoms with Crippen LogP contribution in [0.15, 0.2) is 0 Å². The van der Waals surface area contributed by atoms with Gasteiger partial charge < -0.3 is 4.74 Å². The van der Waals surface area contributed by atoms with Gasteiger partial charge >= 0.3 is 0 Å². The van der Waals surface area contributed by atoms with Gasteiger partial charge in [0.05, 0.1) is 0 Å². The first kappa shape index (κ1) is 9.01. The Hall–Kier alpha value is 0.440. The summed E-state index contributed by atoms with van der Waals surface area (Å²) in [7, 11) is 0. The van der Waals surface area contributed by atoms with Crippen molar-refractivity contribution in [2.75, 3.05) is 18.5 Å². The summed E-state index contributed by atoms with van der Waals surface area (Å²) in [5.74, 6) is 2.95. The lowest BCUT2D eigenvalue weighted by Gasteiger charge is -2.29. The van der Waals surface area contributed by atoms with Crippen LogP contribution in [-0.4, -0.2) is 18.5 Å². The molecule has 1 atom stereocenters. The molecular weight excluding hydrogens is 216 g/mol. The SMILES string of the molecule is BrCC(C1CCOCC1)C1CC1. The van der Waals surface area contributed by atoms with Gasteiger partial charge in [-0.2, -0.15) is 0 Å². The third-order valence-electron chi connectivity index (χ3n) is 3.28. The van der Waals surface area contributed by atoms with E-state index >= 15 is 0 Å². The molecule has 2 fully saturated rings. The summed E-state index contributed by atoms with van der Waals surface area (Å²) >= 11 is 3.65. The summed E-state index contributed by atoms with van der Waals surface area (Å²) < 4.78 is 5.38. The maximum Gasteiger partial charge on any atom is 0.0468 e. The topological polar surface area (TPSA) is 9.23 Å². The van der Waals surface area contributed by atoms with Crippen molar-refractivity contribution in [3.8, 4) is 0 Å². The summed E-state index contributed by atoms with van der Waals surface area (Å²) in [6.45, 7) is 2.00. The Morgan fingerprint density at radius 2 is 1.67 bits per heavy atom. The number of hydrogen-bond donors (Lipinski definition) is 0. The Morgan fingerprint density at radius 1 is 1.08 bits per heavy atom. The molecule has 1 aliphatic heterocycles. The Bertz CT molecular complexity index is 139. The van der Waals surface area contributed by atoms with Crippen LogP contribution in [0.4, 0.5) is 0 Å². The Balaban J connectivity index is 1.85. The first-order valence-electron chi connectivity index (χ1n) is 5.05. The largest absolute Gasteiger partial charge is 0.381 e. The number of ether oxygens (including phenoxy) is 1. The van der Waals surface area contributed by atoms with E-state index in [2.05, 4.69) is 15.9 Å². The van der Waals surface area contributed by atoms with Gasteiger partial charge in [0.1, 0.15) is 0 Å². The van der Waals surface area contributed by atoms with Crippen molar-refractivity contribution in [3.05, 3.63) is 0 Å². The van der Waals surface area contributed by atoms with E-state index in [4.69, 9.17) is 4.74 Å². The molecule has 1 heterocycles. The van der Waals surface area contributed by atoms with E-state index in [0.29, 0.717) is 0 Å². The summed E-state index contributed by atoms with van der Waals surface area (Å²) in [6.07, 6.45) is 5.56. The third kappa shape index (κ3) is 2.02. The van der Waals surface area contributed by atoms with E-state index in [1.807, 2.05) is 0 Å². The molecule has 1 aliphatic carbocycles.